The second-order valence-corrected chi connectivity index (χ2v) is 11.2. The van der Waals surface area contributed by atoms with Gasteiger partial charge in [0.2, 0.25) is 14.9 Å². The van der Waals surface area contributed by atoms with Gasteiger partial charge in [-0.1, -0.05) is 34.5 Å². The Balaban J connectivity index is 1.47. The Morgan fingerprint density at radius 3 is 2.37 bits per heavy atom. The summed E-state index contributed by atoms with van der Waals surface area (Å²) in [5.74, 6) is 0.327. The quantitative estimate of drug-likeness (QED) is 0.385. The molecule has 0 saturated carbocycles. The van der Waals surface area contributed by atoms with Crippen LogP contribution in [0.25, 0.3) is 0 Å². The molecule has 1 N–H and O–H groups in total. The number of piperidine rings is 1. The molecule has 1 atom stereocenters. The van der Waals surface area contributed by atoms with Crippen molar-refractivity contribution in [2.45, 2.75) is 42.2 Å². The summed E-state index contributed by atoms with van der Waals surface area (Å²) in [7, 11) is -3.86. The van der Waals surface area contributed by atoms with Crippen LogP contribution in [0.2, 0.25) is 0 Å². The van der Waals surface area contributed by atoms with Crippen molar-refractivity contribution >= 4 is 31.7 Å². The Hall–Kier alpha value is -2.62. The summed E-state index contributed by atoms with van der Waals surface area (Å²) in [5, 5.41) is 2.68. The van der Waals surface area contributed by atoms with Gasteiger partial charge in [-0.25, -0.2) is 8.42 Å². The Kier molecular flexibility index (Phi) is 8.30. The third kappa shape index (κ3) is 6.15. The predicted molar refractivity (Wildman–Crippen MR) is 136 cm³/mol. The largest absolute Gasteiger partial charge is 0.494 e. The molecule has 1 aromatic heterocycles. The molecule has 0 radical (unpaired) electrons. The van der Waals surface area contributed by atoms with Crippen LogP contribution in [0.5, 0.6) is 5.75 Å². The average molecular weight is 561 g/mol. The molecule has 3 aromatic rings. The van der Waals surface area contributed by atoms with E-state index < -0.39 is 15.7 Å². The zero-order valence-electron chi connectivity index (χ0n) is 19.6. The van der Waals surface area contributed by atoms with E-state index >= 15 is 0 Å². The molecule has 1 saturated heterocycles. The Bertz CT molecular complexity index is 1230. The number of ether oxygens (including phenoxy) is 1. The molecule has 7 nitrogen and oxygen atoms in total. The van der Waals surface area contributed by atoms with Crippen LogP contribution in [0, 0.1) is 0 Å². The van der Waals surface area contributed by atoms with E-state index in [9.17, 15) is 13.2 Å². The van der Waals surface area contributed by atoms with Crippen LogP contribution >= 0.6 is 15.9 Å². The maximum Gasteiger partial charge on any atom is 0.287 e. The van der Waals surface area contributed by atoms with Crippen molar-refractivity contribution < 1.29 is 22.4 Å². The number of likely N-dealkylation sites (tertiary alicyclic amines) is 1. The first-order chi connectivity index (χ1) is 16.9. The summed E-state index contributed by atoms with van der Waals surface area (Å²) in [6, 6.07) is 16.9. The van der Waals surface area contributed by atoms with Gasteiger partial charge in [0.1, 0.15) is 5.75 Å². The van der Waals surface area contributed by atoms with Crippen molar-refractivity contribution in [3.63, 3.8) is 0 Å². The van der Waals surface area contributed by atoms with Crippen LogP contribution < -0.4 is 10.1 Å². The third-order valence-electron chi connectivity index (χ3n) is 6.06. The van der Waals surface area contributed by atoms with Crippen molar-refractivity contribution in [1.82, 2.24) is 10.2 Å². The molecule has 1 amide bonds. The number of sulfone groups is 1. The van der Waals surface area contributed by atoms with Crippen LogP contribution in [0.4, 0.5) is 0 Å². The summed E-state index contributed by atoms with van der Waals surface area (Å²) in [6.45, 7) is 4.86. The first-order valence-corrected chi connectivity index (χ1v) is 14.0. The fourth-order valence-corrected chi connectivity index (χ4v) is 5.67. The summed E-state index contributed by atoms with van der Waals surface area (Å²) in [5.41, 5.74) is 1.09. The molecule has 2 heterocycles. The normalized spacial score (nSPS) is 15.5. The van der Waals surface area contributed by atoms with Gasteiger partial charge >= 0.3 is 0 Å². The van der Waals surface area contributed by atoms with E-state index in [1.165, 1.54) is 30.7 Å². The van der Waals surface area contributed by atoms with Crippen molar-refractivity contribution in [2.75, 3.05) is 26.2 Å². The highest BCUT2D eigenvalue weighted by Crippen LogP contribution is 2.27. The number of benzene rings is 2. The summed E-state index contributed by atoms with van der Waals surface area (Å²) >= 11 is 3.30. The van der Waals surface area contributed by atoms with E-state index in [1.807, 2.05) is 31.2 Å². The van der Waals surface area contributed by atoms with Gasteiger partial charge in [-0.2, -0.15) is 0 Å². The number of hydrogen-bond acceptors (Lipinski definition) is 6. The molecule has 186 valence electrons. The molecule has 1 aliphatic heterocycles. The van der Waals surface area contributed by atoms with Gasteiger partial charge in [-0.3, -0.25) is 9.69 Å². The maximum absolute atomic E-state index is 12.9. The Labute approximate surface area is 214 Å². The fraction of sp³-hybridized carbons (Fsp3) is 0.346. The third-order valence-corrected chi connectivity index (χ3v) is 8.23. The van der Waals surface area contributed by atoms with Crippen molar-refractivity contribution in [3.05, 3.63) is 76.5 Å². The lowest BCUT2D eigenvalue weighted by atomic mass is 10.0. The molecular formula is C26H29BrN2O5S. The molecule has 0 aliphatic carbocycles. The van der Waals surface area contributed by atoms with Crippen LogP contribution in [0.15, 0.2) is 79.5 Å². The van der Waals surface area contributed by atoms with Gasteiger partial charge in [0.25, 0.3) is 5.91 Å². The SMILES string of the molecule is CCOc1ccc(C(CNC(=O)c2ccc(S(=O)(=O)c3ccc(Br)cc3)o2)N2CCCCC2)cc1. The lowest BCUT2D eigenvalue weighted by molar-refractivity contribution is 0.0892. The second-order valence-electron chi connectivity index (χ2n) is 8.40. The number of rotatable bonds is 9. The van der Waals surface area contributed by atoms with Gasteiger partial charge in [0, 0.05) is 11.0 Å². The van der Waals surface area contributed by atoms with E-state index in [1.54, 1.807) is 12.1 Å². The molecule has 1 fully saturated rings. The second kappa shape index (κ2) is 11.4. The minimum atomic E-state index is -3.86. The maximum atomic E-state index is 12.9. The number of amides is 1. The minimum absolute atomic E-state index is 0.00384. The number of halogens is 1. The first-order valence-electron chi connectivity index (χ1n) is 11.7. The van der Waals surface area contributed by atoms with Crippen LogP contribution in [-0.2, 0) is 9.84 Å². The smallest absolute Gasteiger partial charge is 0.287 e. The number of nitrogens with one attached hydrogen (secondary N) is 1. The number of carbonyl (C=O) groups excluding carboxylic acids is 1. The number of hydrogen-bond donors (Lipinski definition) is 1. The van der Waals surface area contributed by atoms with E-state index in [0.717, 1.165) is 41.7 Å². The zero-order chi connectivity index (χ0) is 24.8. The van der Waals surface area contributed by atoms with Gasteiger partial charge in [0.15, 0.2) is 5.76 Å². The average Bonchev–Trinajstić information content (AvgIpc) is 3.38. The Morgan fingerprint density at radius 1 is 1.03 bits per heavy atom. The lowest BCUT2D eigenvalue weighted by Gasteiger charge is -2.35. The number of carbonyl (C=O) groups is 1. The van der Waals surface area contributed by atoms with Crippen LogP contribution in [0.3, 0.4) is 0 Å². The molecule has 35 heavy (non-hydrogen) atoms. The first kappa shape index (κ1) is 25.5. The molecule has 9 heteroatoms. The van der Waals surface area contributed by atoms with Crippen LogP contribution in [-0.4, -0.2) is 45.5 Å². The van der Waals surface area contributed by atoms with Gasteiger partial charge in [0.05, 0.1) is 17.5 Å². The van der Waals surface area contributed by atoms with Crippen molar-refractivity contribution in [2.24, 2.45) is 0 Å². The highest BCUT2D eigenvalue weighted by Gasteiger charge is 2.26. The highest BCUT2D eigenvalue weighted by molar-refractivity contribution is 9.10. The van der Waals surface area contributed by atoms with E-state index in [0.29, 0.717) is 13.2 Å². The van der Waals surface area contributed by atoms with Crippen molar-refractivity contribution in [3.8, 4) is 5.75 Å². The monoisotopic (exact) mass is 560 g/mol. The summed E-state index contributed by atoms with van der Waals surface area (Å²) < 4.78 is 37.5. The van der Waals surface area contributed by atoms with Gasteiger partial charge in [-0.05, 0) is 86.9 Å². The number of furan rings is 1. The number of nitrogens with zero attached hydrogens (tertiary/aromatic N) is 1. The fourth-order valence-electron chi connectivity index (χ4n) is 4.23. The van der Waals surface area contributed by atoms with E-state index in [2.05, 4.69) is 26.1 Å². The Morgan fingerprint density at radius 2 is 1.71 bits per heavy atom. The minimum Gasteiger partial charge on any atom is -0.494 e. The highest BCUT2D eigenvalue weighted by atomic mass is 79.9. The van der Waals surface area contributed by atoms with Gasteiger partial charge < -0.3 is 14.5 Å². The molecular weight excluding hydrogens is 532 g/mol. The van der Waals surface area contributed by atoms with Gasteiger partial charge in [-0.15, -0.1) is 0 Å². The molecule has 4 rings (SSSR count). The topological polar surface area (TPSA) is 88.8 Å². The zero-order valence-corrected chi connectivity index (χ0v) is 22.0. The summed E-state index contributed by atoms with van der Waals surface area (Å²) in [6.07, 6.45) is 3.45. The van der Waals surface area contributed by atoms with E-state index in [-0.39, 0.29) is 21.8 Å². The molecule has 0 bridgehead atoms. The molecule has 1 aliphatic rings. The predicted octanol–water partition coefficient (Wildman–Crippen LogP) is 5.23. The van der Waals surface area contributed by atoms with Crippen molar-refractivity contribution in [1.29, 1.82) is 0 Å². The lowest BCUT2D eigenvalue weighted by Crippen LogP contribution is -2.40. The summed E-state index contributed by atoms with van der Waals surface area (Å²) in [4.78, 5) is 15.4. The molecule has 1 unspecified atom stereocenters. The standard InChI is InChI=1S/C26H29BrN2O5S/c1-2-33-21-10-6-19(7-11-21)23(29-16-4-3-5-17-29)18-28-26(30)24-14-15-25(34-24)35(31,32)22-12-8-20(27)9-13-22/h6-15,23H,2-5,16-18H2,1H3,(H,28,30). The molecule has 2 aromatic carbocycles. The van der Waals surface area contributed by atoms with E-state index in [4.69, 9.17) is 9.15 Å². The van der Waals surface area contributed by atoms with Crippen LogP contribution in [0.1, 0.15) is 48.3 Å². The molecule has 0 spiro atoms.